The fraction of sp³-hybridized carbons (Fsp3) is 0.344. The molecule has 4 heterocycles. The highest BCUT2D eigenvalue weighted by molar-refractivity contribution is 6.00. The first-order valence-corrected chi connectivity index (χ1v) is 14.2. The smallest absolute Gasteiger partial charge is 0.201 e. The van der Waals surface area contributed by atoms with Gasteiger partial charge < -0.3 is 20.5 Å². The minimum atomic E-state index is -0.585. The largest absolute Gasteiger partial charge is 0.388 e. The number of anilines is 2. The van der Waals surface area contributed by atoms with Gasteiger partial charge in [0.1, 0.15) is 17.5 Å². The maximum Gasteiger partial charge on any atom is 0.201 e. The number of benzene rings is 1. The second-order valence-electron chi connectivity index (χ2n) is 11.7. The average Bonchev–Trinajstić information content (AvgIpc) is 3.68. The number of aryl methyl sites for hydroxylation is 1. The molecule has 0 radical (unpaired) electrons. The third-order valence-electron chi connectivity index (χ3n) is 9.42. The highest BCUT2D eigenvalue weighted by Gasteiger charge is 2.43. The number of nitrogens with one attached hydrogen (secondary N) is 1. The van der Waals surface area contributed by atoms with Crippen LogP contribution in [0.15, 0.2) is 35.5 Å². The van der Waals surface area contributed by atoms with Crippen LogP contribution in [-0.4, -0.2) is 46.5 Å². The Morgan fingerprint density at radius 2 is 2.00 bits per heavy atom. The van der Waals surface area contributed by atoms with Gasteiger partial charge in [-0.2, -0.15) is 5.26 Å². The summed E-state index contributed by atoms with van der Waals surface area (Å²) in [6.07, 6.45) is 7.52. The lowest BCUT2D eigenvalue weighted by molar-refractivity contribution is 0.101. The number of carbonyl (C=O) groups excluding carboxylic acids is 1. The van der Waals surface area contributed by atoms with E-state index in [2.05, 4.69) is 21.3 Å². The summed E-state index contributed by atoms with van der Waals surface area (Å²) < 4.78 is 17.0. The van der Waals surface area contributed by atoms with Crippen LogP contribution in [0, 0.1) is 29.0 Å². The van der Waals surface area contributed by atoms with Crippen LogP contribution in [0.1, 0.15) is 46.9 Å². The molecular formula is C32H30FN7O2. The summed E-state index contributed by atoms with van der Waals surface area (Å²) in [6, 6.07) is 5.36. The first kappa shape index (κ1) is 26.3. The minimum absolute atomic E-state index is 0.00403. The fourth-order valence-electron chi connectivity index (χ4n) is 7.38. The van der Waals surface area contributed by atoms with E-state index in [0.29, 0.717) is 46.1 Å². The number of nitrogens with zero attached hydrogens (tertiary/aromatic N) is 5. The highest BCUT2D eigenvalue weighted by atomic mass is 19.1. The fourth-order valence-corrected chi connectivity index (χ4v) is 7.38. The van der Waals surface area contributed by atoms with Crippen molar-refractivity contribution in [3.8, 4) is 28.3 Å². The van der Waals surface area contributed by atoms with Gasteiger partial charge in [0.15, 0.2) is 5.78 Å². The molecule has 212 valence electrons. The number of pyridine rings is 3. The Balaban J connectivity index is 1.52. The highest BCUT2D eigenvalue weighted by Crippen LogP contribution is 2.52. The first-order valence-electron chi connectivity index (χ1n) is 14.2. The molecule has 3 aliphatic rings. The van der Waals surface area contributed by atoms with Gasteiger partial charge in [0.2, 0.25) is 5.43 Å². The Bertz CT molecular complexity index is 1940. The quantitative estimate of drug-likeness (QED) is 0.314. The zero-order valence-corrected chi connectivity index (χ0v) is 23.7. The molecule has 1 saturated carbocycles. The van der Waals surface area contributed by atoms with Gasteiger partial charge in [-0.05, 0) is 49.3 Å². The van der Waals surface area contributed by atoms with Crippen molar-refractivity contribution in [1.82, 2.24) is 14.5 Å². The summed E-state index contributed by atoms with van der Waals surface area (Å²) in [6.45, 7) is 2.89. The molecule has 7 rings (SSSR count). The first-order chi connectivity index (χ1) is 20.2. The third-order valence-corrected chi connectivity index (χ3v) is 9.42. The summed E-state index contributed by atoms with van der Waals surface area (Å²) in [7, 11) is 3.49. The van der Waals surface area contributed by atoms with Gasteiger partial charge in [-0.3, -0.25) is 14.6 Å². The number of Topliss-reactive ketones (excluding diaryl/α,β-unsaturated/α-hetero) is 1. The summed E-state index contributed by atoms with van der Waals surface area (Å²) in [5.74, 6) is -0.129. The molecule has 2 aliphatic carbocycles. The van der Waals surface area contributed by atoms with E-state index >= 15 is 4.39 Å². The predicted molar refractivity (Wildman–Crippen MR) is 159 cm³/mol. The maximum absolute atomic E-state index is 15.3. The molecule has 3 aromatic heterocycles. The van der Waals surface area contributed by atoms with Crippen molar-refractivity contribution >= 4 is 28.2 Å². The van der Waals surface area contributed by atoms with E-state index in [1.165, 1.54) is 19.2 Å². The van der Waals surface area contributed by atoms with Crippen molar-refractivity contribution in [1.29, 1.82) is 5.26 Å². The molecule has 42 heavy (non-hydrogen) atoms. The van der Waals surface area contributed by atoms with Gasteiger partial charge in [-0.1, -0.05) is 0 Å². The molecule has 0 spiro atoms. The number of rotatable bonds is 4. The van der Waals surface area contributed by atoms with Gasteiger partial charge in [-0.15, -0.1) is 0 Å². The number of nitriles is 1. The monoisotopic (exact) mass is 563 g/mol. The molecule has 1 aliphatic heterocycles. The number of aromatic nitrogens is 3. The number of fused-ring (bicyclic) bond motifs is 5. The lowest BCUT2D eigenvalue weighted by atomic mass is 9.94. The molecule has 10 heteroatoms. The Labute approximate surface area is 241 Å². The molecule has 0 bridgehead atoms. The second kappa shape index (κ2) is 9.46. The van der Waals surface area contributed by atoms with Crippen LogP contribution in [0.4, 0.5) is 15.8 Å². The number of hydrogen-bond donors (Lipinski definition) is 2. The van der Waals surface area contributed by atoms with E-state index in [-0.39, 0.29) is 28.4 Å². The van der Waals surface area contributed by atoms with Crippen molar-refractivity contribution in [2.75, 3.05) is 30.4 Å². The van der Waals surface area contributed by atoms with E-state index in [1.807, 2.05) is 0 Å². The summed E-state index contributed by atoms with van der Waals surface area (Å²) in [5, 5.41) is 13.5. The second-order valence-corrected chi connectivity index (χ2v) is 11.7. The molecule has 3 atom stereocenters. The molecule has 4 aromatic rings. The third kappa shape index (κ3) is 3.70. The summed E-state index contributed by atoms with van der Waals surface area (Å²) in [4.78, 5) is 37.4. The summed E-state index contributed by atoms with van der Waals surface area (Å²) >= 11 is 0. The molecule has 2 fully saturated rings. The van der Waals surface area contributed by atoms with Crippen LogP contribution in [0.3, 0.4) is 0 Å². The summed E-state index contributed by atoms with van der Waals surface area (Å²) in [5.41, 5.74) is 12.5. The normalized spacial score (nSPS) is 20.4. The zero-order chi connectivity index (χ0) is 29.4. The van der Waals surface area contributed by atoms with E-state index in [4.69, 9.17) is 10.7 Å². The Morgan fingerprint density at radius 1 is 1.19 bits per heavy atom. The number of ketones is 1. The van der Waals surface area contributed by atoms with Gasteiger partial charge >= 0.3 is 0 Å². The van der Waals surface area contributed by atoms with Gasteiger partial charge in [0.25, 0.3) is 0 Å². The van der Waals surface area contributed by atoms with Crippen molar-refractivity contribution in [3.63, 3.8) is 0 Å². The van der Waals surface area contributed by atoms with E-state index in [9.17, 15) is 14.9 Å². The number of hydrogen-bond acceptors (Lipinski definition) is 8. The van der Waals surface area contributed by atoms with Crippen LogP contribution in [-0.2, 0) is 13.5 Å². The average molecular weight is 564 g/mol. The van der Waals surface area contributed by atoms with E-state index < -0.39 is 5.82 Å². The van der Waals surface area contributed by atoms with E-state index in [0.717, 1.165) is 54.0 Å². The molecule has 1 saturated heterocycles. The Kier molecular flexibility index (Phi) is 5.92. The standard InChI is InChI=1S/C32H30FN7O2/c1-15(41)22-13-39(3)32-19(31(22)42)6-17(10-38-32)21-11-37-27-7-18-26(36-2)8-24(33)20(9-34)28(18)29(27)30(21)40-12-16-4-5-25(35)23(16)14-40/h6,8,10-11,13,16,23,25,36H,4-5,7,12,14,35H2,1-3H3/t16-,23+,25-/m0/s1. The molecular weight excluding hydrogens is 533 g/mol. The van der Waals surface area contributed by atoms with Crippen LogP contribution < -0.4 is 21.4 Å². The van der Waals surface area contributed by atoms with E-state index in [1.54, 1.807) is 37.1 Å². The molecule has 0 amide bonds. The molecule has 0 unspecified atom stereocenters. The Hall–Kier alpha value is -4.62. The van der Waals surface area contributed by atoms with Crippen LogP contribution in [0.5, 0.6) is 0 Å². The maximum atomic E-state index is 15.3. The topological polar surface area (TPSA) is 130 Å². The molecule has 3 N–H and O–H groups in total. The number of carbonyl (C=O) groups is 1. The van der Waals surface area contributed by atoms with Crippen molar-refractivity contribution in [2.24, 2.45) is 24.6 Å². The Morgan fingerprint density at radius 3 is 2.71 bits per heavy atom. The lowest BCUT2D eigenvalue weighted by Crippen LogP contribution is -2.30. The zero-order valence-electron chi connectivity index (χ0n) is 23.7. The predicted octanol–water partition coefficient (Wildman–Crippen LogP) is 4.00. The van der Waals surface area contributed by atoms with Crippen LogP contribution in [0.25, 0.3) is 33.3 Å². The van der Waals surface area contributed by atoms with Crippen LogP contribution >= 0.6 is 0 Å². The van der Waals surface area contributed by atoms with Crippen molar-refractivity contribution < 1.29 is 9.18 Å². The molecule has 1 aromatic carbocycles. The lowest BCUT2D eigenvalue weighted by Gasteiger charge is -2.27. The van der Waals surface area contributed by atoms with Crippen molar-refractivity contribution in [2.45, 2.75) is 32.2 Å². The number of nitrogens with two attached hydrogens (primary N) is 1. The minimum Gasteiger partial charge on any atom is -0.388 e. The van der Waals surface area contributed by atoms with Gasteiger partial charge in [0, 0.05) is 86.2 Å². The van der Waals surface area contributed by atoms with Crippen LogP contribution in [0.2, 0.25) is 0 Å². The molecule has 9 nitrogen and oxygen atoms in total. The van der Waals surface area contributed by atoms with Gasteiger partial charge in [0.05, 0.1) is 27.9 Å². The SMILES string of the molecule is CNc1cc(F)c(C#N)c2c1Cc1ncc(-c3cnc4c(c3)c(=O)c(C(C)=O)cn4C)c(N3C[C@@H]4CC[C@H](N)[C@@H]4C3)c1-2. The van der Waals surface area contributed by atoms with Gasteiger partial charge in [-0.25, -0.2) is 9.37 Å². The van der Waals surface area contributed by atoms with Crippen molar-refractivity contribution in [3.05, 3.63) is 69.1 Å². The number of halogens is 1.